The van der Waals surface area contributed by atoms with Gasteiger partial charge in [0.15, 0.2) is 0 Å². The molecular formula is C13H19N3O2. The number of rotatable bonds is 5. The largest absolute Gasteiger partial charge is 0.478 e. The second-order valence-electron chi connectivity index (χ2n) is 4.49. The van der Waals surface area contributed by atoms with Gasteiger partial charge in [-0.3, -0.25) is 0 Å². The van der Waals surface area contributed by atoms with Crippen LogP contribution in [0.25, 0.3) is 0 Å². The molecule has 1 heterocycles. The highest BCUT2D eigenvalue weighted by Crippen LogP contribution is 2.23. The van der Waals surface area contributed by atoms with Crippen molar-refractivity contribution in [2.45, 2.75) is 18.9 Å². The Morgan fingerprint density at radius 2 is 2.33 bits per heavy atom. The third-order valence-electron chi connectivity index (χ3n) is 3.24. The Bertz CT molecular complexity index is 428. The van der Waals surface area contributed by atoms with Crippen LogP contribution in [0, 0.1) is 0 Å². The molecule has 0 saturated carbocycles. The zero-order chi connectivity index (χ0) is 13.0. The fourth-order valence-corrected chi connectivity index (χ4v) is 2.21. The Morgan fingerprint density at radius 3 is 2.94 bits per heavy atom. The first-order valence-corrected chi connectivity index (χ1v) is 6.23. The van der Waals surface area contributed by atoms with E-state index in [0.717, 1.165) is 24.5 Å². The van der Waals surface area contributed by atoms with Crippen LogP contribution in [0.2, 0.25) is 0 Å². The third kappa shape index (κ3) is 2.92. The van der Waals surface area contributed by atoms with E-state index in [1.807, 2.05) is 7.05 Å². The molecule has 1 aliphatic heterocycles. The van der Waals surface area contributed by atoms with Crippen molar-refractivity contribution >= 4 is 17.3 Å². The van der Waals surface area contributed by atoms with Crippen molar-refractivity contribution < 1.29 is 9.90 Å². The van der Waals surface area contributed by atoms with E-state index in [1.54, 1.807) is 18.2 Å². The Kier molecular flexibility index (Phi) is 4.04. The van der Waals surface area contributed by atoms with Crippen molar-refractivity contribution in [2.75, 3.05) is 30.8 Å². The Morgan fingerprint density at radius 1 is 1.50 bits per heavy atom. The maximum Gasteiger partial charge on any atom is 0.335 e. The topological polar surface area (TPSA) is 73.4 Å². The van der Waals surface area contributed by atoms with Gasteiger partial charge in [-0.1, -0.05) is 0 Å². The number of carboxylic acid groups (broad SMARTS) is 1. The molecule has 18 heavy (non-hydrogen) atoms. The zero-order valence-electron chi connectivity index (χ0n) is 10.5. The summed E-state index contributed by atoms with van der Waals surface area (Å²) in [6.07, 6.45) is 2.38. The highest BCUT2D eigenvalue weighted by atomic mass is 16.4. The molecule has 5 heteroatoms. The summed E-state index contributed by atoms with van der Waals surface area (Å²) in [5.41, 5.74) is 2.06. The van der Waals surface area contributed by atoms with Crippen molar-refractivity contribution in [3.63, 3.8) is 0 Å². The average molecular weight is 249 g/mol. The molecule has 98 valence electrons. The van der Waals surface area contributed by atoms with Crippen molar-refractivity contribution in [1.29, 1.82) is 0 Å². The van der Waals surface area contributed by atoms with Crippen molar-refractivity contribution in [1.82, 2.24) is 5.32 Å². The number of nitrogens with one attached hydrogen (secondary N) is 3. The molecule has 0 aromatic heterocycles. The molecule has 1 atom stereocenters. The average Bonchev–Trinajstić information content (AvgIpc) is 2.89. The molecule has 0 bridgehead atoms. The summed E-state index contributed by atoms with van der Waals surface area (Å²) in [7, 11) is 1.83. The second kappa shape index (κ2) is 5.73. The summed E-state index contributed by atoms with van der Waals surface area (Å²) in [6.45, 7) is 1.89. The van der Waals surface area contributed by atoms with Crippen LogP contribution in [0.1, 0.15) is 23.2 Å². The van der Waals surface area contributed by atoms with Gasteiger partial charge in [0, 0.05) is 19.6 Å². The second-order valence-corrected chi connectivity index (χ2v) is 4.49. The molecule has 1 aromatic carbocycles. The maximum atomic E-state index is 11.0. The van der Waals surface area contributed by atoms with Crippen LogP contribution >= 0.6 is 0 Å². The number of carbonyl (C=O) groups is 1. The van der Waals surface area contributed by atoms with Crippen LogP contribution < -0.4 is 16.0 Å². The first-order valence-electron chi connectivity index (χ1n) is 6.23. The van der Waals surface area contributed by atoms with Crippen molar-refractivity contribution in [3.05, 3.63) is 23.8 Å². The van der Waals surface area contributed by atoms with E-state index in [4.69, 9.17) is 5.11 Å². The number of benzene rings is 1. The highest BCUT2D eigenvalue weighted by Gasteiger charge is 2.14. The summed E-state index contributed by atoms with van der Waals surface area (Å²) in [6, 6.07) is 5.53. The van der Waals surface area contributed by atoms with Crippen LogP contribution in [-0.4, -0.2) is 37.3 Å². The summed E-state index contributed by atoms with van der Waals surface area (Å²) in [5.74, 6) is -0.903. The molecule has 1 saturated heterocycles. The third-order valence-corrected chi connectivity index (χ3v) is 3.24. The minimum atomic E-state index is -0.903. The fraction of sp³-hybridized carbons (Fsp3) is 0.462. The molecule has 0 unspecified atom stereocenters. The van der Waals surface area contributed by atoms with Crippen molar-refractivity contribution in [3.8, 4) is 0 Å². The van der Waals surface area contributed by atoms with Crippen LogP contribution in [-0.2, 0) is 0 Å². The van der Waals surface area contributed by atoms with Gasteiger partial charge in [-0.25, -0.2) is 4.79 Å². The van der Waals surface area contributed by atoms with E-state index in [0.29, 0.717) is 11.6 Å². The maximum absolute atomic E-state index is 11.0. The molecule has 4 N–H and O–H groups in total. The predicted octanol–water partition coefficient (Wildman–Crippen LogP) is 1.59. The minimum absolute atomic E-state index is 0.302. The zero-order valence-corrected chi connectivity index (χ0v) is 10.5. The molecule has 2 rings (SSSR count). The van der Waals surface area contributed by atoms with E-state index in [9.17, 15) is 4.79 Å². The van der Waals surface area contributed by atoms with Gasteiger partial charge in [0.25, 0.3) is 0 Å². The van der Waals surface area contributed by atoms with E-state index >= 15 is 0 Å². The predicted molar refractivity (Wildman–Crippen MR) is 72.5 cm³/mol. The van der Waals surface area contributed by atoms with Crippen LogP contribution in [0.15, 0.2) is 18.2 Å². The molecular weight excluding hydrogens is 230 g/mol. The lowest BCUT2D eigenvalue weighted by Crippen LogP contribution is -2.29. The number of anilines is 2. The molecule has 0 radical (unpaired) electrons. The summed E-state index contributed by atoms with van der Waals surface area (Å²) in [4.78, 5) is 11.0. The summed E-state index contributed by atoms with van der Waals surface area (Å²) >= 11 is 0. The standard InChI is InChI=1S/C13H19N3O2/c1-14-11-5-4-9(13(17)18)7-12(11)16-8-10-3-2-6-15-10/h4-5,7,10,14-16H,2-3,6,8H2,1H3,(H,17,18)/t10-/m1/s1. The van der Waals surface area contributed by atoms with Gasteiger partial charge in [-0.15, -0.1) is 0 Å². The van der Waals surface area contributed by atoms with E-state index in [1.165, 1.54) is 12.8 Å². The van der Waals surface area contributed by atoms with E-state index in [2.05, 4.69) is 16.0 Å². The Hall–Kier alpha value is -1.75. The lowest BCUT2D eigenvalue weighted by Gasteiger charge is -2.16. The lowest BCUT2D eigenvalue weighted by atomic mass is 10.1. The van der Waals surface area contributed by atoms with E-state index in [-0.39, 0.29) is 0 Å². The van der Waals surface area contributed by atoms with Crippen molar-refractivity contribution in [2.24, 2.45) is 0 Å². The highest BCUT2D eigenvalue weighted by molar-refractivity contribution is 5.90. The Labute approximate surface area is 107 Å². The summed E-state index contributed by atoms with van der Waals surface area (Å²) < 4.78 is 0. The van der Waals surface area contributed by atoms with Gasteiger partial charge in [0.2, 0.25) is 0 Å². The lowest BCUT2D eigenvalue weighted by molar-refractivity contribution is 0.0697. The molecule has 5 nitrogen and oxygen atoms in total. The van der Waals surface area contributed by atoms with Gasteiger partial charge in [0.05, 0.1) is 16.9 Å². The molecule has 1 aliphatic rings. The summed E-state index contributed by atoms with van der Waals surface area (Å²) in [5, 5.41) is 18.8. The first-order chi connectivity index (χ1) is 8.70. The van der Waals surface area contributed by atoms with Gasteiger partial charge in [-0.05, 0) is 37.6 Å². The first kappa shape index (κ1) is 12.7. The SMILES string of the molecule is CNc1ccc(C(=O)O)cc1NC[C@H]1CCCN1. The molecule has 1 fully saturated rings. The van der Waals surface area contributed by atoms with Gasteiger partial charge < -0.3 is 21.1 Å². The van der Waals surface area contributed by atoms with Crippen LogP contribution in [0.5, 0.6) is 0 Å². The molecule has 0 aliphatic carbocycles. The van der Waals surface area contributed by atoms with Gasteiger partial charge in [-0.2, -0.15) is 0 Å². The van der Waals surface area contributed by atoms with Gasteiger partial charge >= 0.3 is 5.97 Å². The molecule has 0 spiro atoms. The molecule has 0 amide bonds. The number of hydrogen-bond donors (Lipinski definition) is 4. The van der Waals surface area contributed by atoms with Crippen LogP contribution in [0.4, 0.5) is 11.4 Å². The smallest absolute Gasteiger partial charge is 0.335 e. The fourth-order valence-electron chi connectivity index (χ4n) is 2.21. The quantitative estimate of drug-likeness (QED) is 0.638. The minimum Gasteiger partial charge on any atom is -0.478 e. The normalized spacial score (nSPS) is 18.6. The Balaban J connectivity index is 2.08. The number of aromatic carboxylic acids is 1. The van der Waals surface area contributed by atoms with E-state index < -0.39 is 5.97 Å². The number of hydrogen-bond acceptors (Lipinski definition) is 4. The van der Waals surface area contributed by atoms with Gasteiger partial charge in [0.1, 0.15) is 0 Å². The van der Waals surface area contributed by atoms with Crippen LogP contribution in [0.3, 0.4) is 0 Å². The monoisotopic (exact) mass is 249 g/mol. The number of carboxylic acids is 1. The molecule has 1 aromatic rings.